The van der Waals surface area contributed by atoms with Gasteiger partial charge in [0.15, 0.2) is 0 Å². The predicted octanol–water partition coefficient (Wildman–Crippen LogP) is 9.24. The second kappa shape index (κ2) is 0.741. The molecule has 0 aromatic rings. The van der Waals surface area contributed by atoms with Crippen molar-refractivity contribution < 1.29 is 24.1 Å². The third kappa shape index (κ3) is 0.0916. The van der Waals surface area contributed by atoms with Gasteiger partial charge in [-0.2, -0.15) is 0 Å². The van der Waals surface area contributed by atoms with Crippen LogP contribution in [0.15, 0.2) is 0 Å². The van der Waals surface area contributed by atoms with Crippen molar-refractivity contribution in [2.24, 2.45) is 0 Å². The molecule has 0 bridgehead atoms. The van der Waals surface area contributed by atoms with Crippen LogP contribution in [0.25, 0.3) is 0 Å². The number of rotatable bonds is 3. The van der Waals surface area contributed by atoms with E-state index in [2.05, 4.69) is 0 Å². The zero-order valence-corrected chi connectivity index (χ0v) is 23.2. The number of hydrogen-bond acceptors (Lipinski definition) is 1. The van der Waals surface area contributed by atoms with Crippen LogP contribution >= 0.6 is 7.14 Å². The normalized spacial score (nSPS) is 171. The van der Waals surface area contributed by atoms with Crippen molar-refractivity contribution in [3.8, 4) is 0 Å². The van der Waals surface area contributed by atoms with E-state index in [1.54, 1.807) is 0 Å². The summed E-state index contributed by atoms with van der Waals surface area (Å²) in [6, 6.07) is 0. The number of hydrogen-bond donors (Lipinski definition) is 0. The van der Waals surface area contributed by atoms with Crippen LogP contribution in [0, 0.1) is 0 Å². The quantitative estimate of drug-likeness (QED) is 0.233. The van der Waals surface area contributed by atoms with E-state index in [0.717, 1.165) is 12.2 Å². The molecule has 1 nitrogen and oxygen atoms in total. The van der Waals surface area contributed by atoms with Crippen LogP contribution in [-0.4, -0.2) is 12.2 Å². The first-order valence-corrected chi connectivity index (χ1v) is 37.2. The molecule has 0 N–H and O–H groups in total. The SMILES string of the molecule is O=P([C]12[CH]3[CH]4[CH]5[CH]1[Fe]45321678[CH]2[CH]1[CH]6[CH]7[CH]28)([C]12[CH]3[CH]4[CH]5[CH]1[Fe]45321678[CH]2[CH]1[CH]6[CH]7[CH]28)[C]12[CH]3[CH]4[CH]5[CH]1[Fe]45321678[CH]2[CH]1[CH]6[CH]7[CH]28. The van der Waals surface area contributed by atoms with Crippen LogP contribution in [0.2, 0.25) is 130 Å². The topological polar surface area (TPSA) is 17.1 Å². The summed E-state index contributed by atoms with van der Waals surface area (Å²) in [5.74, 6) is 0. The second-order valence-corrected chi connectivity index (χ2v) is 105. The Balaban J connectivity index is 1.05. The molecule has 35 heavy (non-hydrogen) atoms. The molecule has 30 aliphatic heterocycles. The first-order chi connectivity index (χ1) is 16.4. The summed E-state index contributed by atoms with van der Waals surface area (Å²) < 4.78 is 21.3. The minimum atomic E-state index is -3.42. The van der Waals surface area contributed by atoms with Gasteiger partial charge in [-0.25, -0.2) is 0 Å². The predicted molar refractivity (Wildman–Crippen MR) is 117 cm³/mol. The first kappa shape index (κ1) is 10.9. The Morgan fingerprint density at radius 1 is 0.314 bits per heavy atom. The van der Waals surface area contributed by atoms with E-state index >= 15 is 4.57 Å². The van der Waals surface area contributed by atoms with Crippen LogP contribution in [0.4, 0.5) is 0 Å². The van der Waals surface area contributed by atoms with Crippen LogP contribution in [0.5, 0.6) is 0 Å². The van der Waals surface area contributed by atoms with E-state index in [0.29, 0.717) is 0 Å². The molecule has 0 aromatic heterocycles. The van der Waals surface area contributed by atoms with Gasteiger partial charge in [-0.3, -0.25) is 0 Å². The van der Waals surface area contributed by atoms with Crippen molar-refractivity contribution in [2.45, 2.75) is 142 Å². The fraction of sp³-hybridized carbons (Fsp3) is 1.00. The van der Waals surface area contributed by atoms with Gasteiger partial charge in [-0.05, 0) is 0 Å². The molecule has 12 atom stereocenters. The Kier molecular flexibility index (Phi) is 0.230. The maximum absolute atomic E-state index is 18.6. The Morgan fingerprint density at radius 2 is 0.486 bits per heavy atom. The van der Waals surface area contributed by atoms with Crippen LogP contribution in [0.1, 0.15) is 0 Å². The zero-order chi connectivity index (χ0) is 19.5. The molecular weight excluding hydrogens is 575 g/mol. The molecule has 30 saturated heterocycles. The van der Waals surface area contributed by atoms with Crippen LogP contribution in [0.3, 0.4) is 0 Å². The van der Waals surface area contributed by atoms with Crippen molar-refractivity contribution in [3.05, 3.63) is 0 Å². The first-order valence-electron chi connectivity index (χ1n) is 16.6. The summed E-state index contributed by atoms with van der Waals surface area (Å²) in [4.78, 5) is 39.4. The van der Waals surface area contributed by atoms with Gasteiger partial charge in [0, 0.05) is 0 Å². The molecular formula is C30H27Fe3OP. The fourth-order valence-corrected chi connectivity index (χ4v) is 322. The summed E-state index contributed by atoms with van der Waals surface area (Å²) in [6.07, 6.45) is 0. The molecule has 30 heterocycles. The van der Waals surface area contributed by atoms with E-state index in [1.807, 2.05) is 0 Å². The Bertz CT molecular complexity index is 2800. The van der Waals surface area contributed by atoms with Gasteiger partial charge in [0.05, 0.1) is 0 Å². The summed E-state index contributed by atoms with van der Waals surface area (Å²) >= 11 is 0. The summed E-state index contributed by atoms with van der Waals surface area (Å²) in [5, 5.41) is 0. The molecule has 0 amide bonds. The molecule has 30 rings (SSSR count). The van der Waals surface area contributed by atoms with E-state index in [-0.39, 0.29) is 0 Å². The standard InChI is InChI=1S/C15H12OP.3C5H5.3Fe/c16-17(13-7-1-2-8-13,14-9-3-4-10-14)15-11-5-6-12-15;3*1-2-4-5-3-1;;;/h1-12H;3*1-5H;;;. The van der Waals surface area contributed by atoms with Crippen molar-refractivity contribution >= 4 is 7.14 Å². The average molecular weight is 602 g/mol. The van der Waals surface area contributed by atoms with Crippen LogP contribution < -0.4 is 0 Å². The van der Waals surface area contributed by atoms with Crippen molar-refractivity contribution in [3.63, 3.8) is 0 Å². The minimum absolute atomic E-state index is 0.904. The van der Waals surface area contributed by atoms with Gasteiger partial charge in [-0.1, -0.05) is 0 Å². The third-order valence-corrected chi connectivity index (χ3v) is 190. The average Bonchev–Trinajstić information content (AvgIpc) is 3.65. The van der Waals surface area contributed by atoms with E-state index in [4.69, 9.17) is 0 Å². The summed E-state index contributed by atoms with van der Waals surface area (Å²) in [6.45, 7) is -10.3. The van der Waals surface area contributed by atoms with Gasteiger partial charge >= 0.3 is 173 Å². The van der Waals surface area contributed by atoms with Crippen molar-refractivity contribution in [1.29, 1.82) is 0 Å². The fourth-order valence-electron chi connectivity index (χ4n) is 51.6. The second-order valence-electron chi connectivity index (χ2n) is 29.5. The number of fused-ring (bicyclic) bond motifs is 30. The van der Waals surface area contributed by atoms with E-state index in [9.17, 15) is 0 Å². The molecule has 3 spiro atoms. The van der Waals surface area contributed by atoms with Crippen LogP contribution in [-0.2, 0) is 24.1 Å². The van der Waals surface area contributed by atoms with Gasteiger partial charge in [-0.15, -0.1) is 0 Å². The maximum atomic E-state index is 18.6. The van der Waals surface area contributed by atoms with Gasteiger partial charge in [0.25, 0.3) is 0 Å². The van der Waals surface area contributed by atoms with Gasteiger partial charge in [0.1, 0.15) is 0 Å². The van der Waals surface area contributed by atoms with Gasteiger partial charge in [0.2, 0.25) is 0 Å². The third-order valence-electron chi connectivity index (χ3n) is 45.2. The monoisotopic (exact) mass is 602 g/mol. The van der Waals surface area contributed by atoms with Crippen molar-refractivity contribution in [2.75, 3.05) is 0 Å². The molecule has 0 saturated carbocycles. The molecule has 12 unspecified atom stereocenters. The van der Waals surface area contributed by atoms with E-state index < -0.39 is 26.7 Å². The van der Waals surface area contributed by atoms with E-state index in [1.165, 1.54) is 130 Å². The molecule has 0 aliphatic carbocycles. The summed E-state index contributed by atoms with van der Waals surface area (Å²) in [7, 11) is -1.95. The molecule has 30 fully saturated rings. The molecule has 30 aliphatic rings. The molecule has 5 heteroatoms. The Hall–Kier alpha value is 1.79. The molecule has 0 aromatic carbocycles. The molecule has 0 radical (unpaired) electrons. The molecule has 182 valence electrons. The van der Waals surface area contributed by atoms with Crippen molar-refractivity contribution in [1.82, 2.24) is 0 Å². The summed E-state index contributed by atoms with van der Waals surface area (Å²) in [5.41, 5.74) is 0. The zero-order valence-electron chi connectivity index (χ0n) is 19.0. The van der Waals surface area contributed by atoms with Gasteiger partial charge < -0.3 is 0 Å². The Morgan fingerprint density at radius 3 is 0.571 bits per heavy atom. The Labute approximate surface area is 172 Å².